The minimum Gasteiger partial charge on any atom is -0.489 e. The number of hydrogen-bond donors (Lipinski definition) is 0. The van der Waals surface area contributed by atoms with Gasteiger partial charge in [-0.1, -0.05) is 54.2 Å². The van der Waals surface area contributed by atoms with Crippen LogP contribution in [0.2, 0.25) is 0 Å². The van der Waals surface area contributed by atoms with Crippen LogP contribution in [0.4, 0.5) is 5.69 Å². The van der Waals surface area contributed by atoms with Crippen molar-refractivity contribution in [3.63, 3.8) is 0 Å². The molecular weight excluding hydrogens is 346 g/mol. The quantitative estimate of drug-likeness (QED) is 0.522. The molecule has 5 nitrogen and oxygen atoms in total. The monoisotopic (exact) mass is 363 g/mol. The molecule has 2 aromatic carbocycles. The lowest BCUT2D eigenvalue weighted by molar-refractivity contribution is -0.117. The molecule has 0 saturated carbocycles. The molecule has 6 heteroatoms. The maximum Gasteiger partial charge on any atom is 0.238 e. The first-order valence-electron chi connectivity index (χ1n) is 8.31. The largest absolute Gasteiger partial charge is 0.489 e. The van der Waals surface area contributed by atoms with Crippen molar-refractivity contribution in [3.8, 4) is 5.75 Å². The normalized spacial score (nSPS) is 15.8. The van der Waals surface area contributed by atoms with Gasteiger partial charge in [0.1, 0.15) is 12.4 Å². The summed E-state index contributed by atoms with van der Waals surface area (Å²) in [4.78, 5) is 23.3. The van der Waals surface area contributed by atoms with Crippen LogP contribution in [-0.2, 0) is 4.79 Å². The van der Waals surface area contributed by atoms with Gasteiger partial charge in [-0.25, -0.2) is 9.97 Å². The van der Waals surface area contributed by atoms with Crippen molar-refractivity contribution in [1.29, 1.82) is 0 Å². The molecule has 0 bridgehead atoms. The number of thioether (sulfide) groups is 1. The minimum absolute atomic E-state index is 0.00653. The highest BCUT2D eigenvalue weighted by Gasteiger charge is 2.33. The fourth-order valence-corrected chi connectivity index (χ4v) is 3.64. The van der Waals surface area contributed by atoms with Crippen LogP contribution in [0.25, 0.3) is 0 Å². The minimum atomic E-state index is -0.157. The summed E-state index contributed by atoms with van der Waals surface area (Å²) < 4.78 is 5.91. The molecule has 1 atom stereocenters. The van der Waals surface area contributed by atoms with Crippen molar-refractivity contribution >= 4 is 23.4 Å². The topological polar surface area (TPSA) is 55.3 Å². The number of para-hydroxylation sites is 2. The summed E-state index contributed by atoms with van der Waals surface area (Å²) in [5, 5.41) is 0.596. The average molecular weight is 363 g/mol. The van der Waals surface area contributed by atoms with E-state index in [1.54, 1.807) is 18.5 Å². The Bertz CT molecular complexity index is 890. The number of carbonyl (C=O) groups excluding carboxylic acids is 1. The van der Waals surface area contributed by atoms with Crippen LogP contribution in [0, 0.1) is 0 Å². The van der Waals surface area contributed by atoms with Crippen LogP contribution < -0.4 is 9.64 Å². The summed E-state index contributed by atoms with van der Waals surface area (Å²) >= 11 is 1.34. The first-order valence-corrected chi connectivity index (χ1v) is 9.30. The van der Waals surface area contributed by atoms with E-state index in [4.69, 9.17) is 4.74 Å². The Balaban J connectivity index is 1.63. The van der Waals surface area contributed by atoms with E-state index >= 15 is 0 Å². The van der Waals surface area contributed by atoms with Crippen LogP contribution in [-0.4, -0.2) is 28.2 Å². The van der Waals surface area contributed by atoms with E-state index in [2.05, 4.69) is 9.97 Å². The fourth-order valence-electron chi connectivity index (χ4n) is 2.97. The second-order valence-electron chi connectivity index (χ2n) is 5.79. The molecule has 26 heavy (non-hydrogen) atoms. The van der Waals surface area contributed by atoms with Gasteiger partial charge in [0.05, 0.1) is 17.5 Å². The van der Waals surface area contributed by atoms with Gasteiger partial charge in [0.25, 0.3) is 0 Å². The molecule has 0 fully saturated rings. The SMILES string of the molecule is O=C(CSc1ncccn1)N1c2ccccc2OCC1c1ccccc1. The Morgan fingerprint density at radius 1 is 1.04 bits per heavy atom. The number of carbonyl (C=O) groups is 1. The van der Waals surface area contributed by atoms with Crippen molar-refractivity contribution in [2.75, 3.05) is 17.3 Å². The van der Waals surface area contributed by atoms with Gasteiger partial charge in [-0.2, -0.15) is 0 Å². The summed E-state index contributed by atoms with van der Waals surface area (Å²) in [6.07, 6.45) is 3.35. The fraction of sp³-hybridized carbons (Fsp3) is 0.150. The van der Waals surface area contributed by atoms with Crippen LogP contribution in [0.1, 0.15) is 11.6 Å². The second-order valence-corrected chi connectivity index (χ2v) is 6.73. The molecule has 1 amide bonds. The third kappa shape index (κ3) is 3.41. The lowest BCUT2D eigenvalue weighted by Gasteiger charge is -2.37. The van der Waals surface area contributed by atoms with E-state index in [9.17, 15) is 4.79 Å². The molecule has 1 aliphatic heterocycles. The molecule has 0 saturated heterocycles. The number of fused-ring (bicyclic) bond motifs is 1. The van der Waals surface area contributed by atoms with Crippen LogP contribution in [0.15, 0.2) is 78.2 Å². The molecule has 130 valence electrons. The number of benzene rings is 2. The van der Waals surface area contributed by atoms with Gasteiger partial charge < -0.3 is 4.74 Å². The Morgan fingerprint density at radius 3 is 2.58 bits per heavy atom. The van der Waals surface area contributed by atoms with Crippen molar-refractivity contribution in [2.45, 2.75) is 11.2 Å². The first-order chi connectivity index (χ1) is 12.8. The number of ether oxygens (including phenoxy) is 1. The van der Waals surface area contributed by atoms with Crippen molar-refractivity contribution in [1.82, 2.24) is 9.97 Å². The second kappa shape index (κ2) is 7.58. The average Bonchev–Trinajstić information content (AvgIpc) is 2.72. The van der Waals surface area contributed by atoms with Crippen LogP contribution in [0.5, 0.6) is 5.75 Å². The van der Waals surface area contributed by atoms with Crippen LogP contribution in [0.3, 0.4) is 0 Å². The molecule has 2 heterocycles. The van der Waals surface area contributed by atoms with Gasteiger partial charge in [-0.05, 0) is 23.8 Å². The molecule has 4 rings (SSSR count). The molecule has 0 aliphatic carbocycles. The molecule has 1 unspecified atom stereocenters. The van der Waals surface area contributed by atoms with E-state index < -0.39 is 0 Å². The smallest absolute Gasteiger partial charge is 0.238 e. The van der Waals surface area contributed by atoms with Gasteiger partial charge in [0.15, 0.2) is 5.16 Å². The lowest BCUT2D eigenvalue weighted by Crippen LogP contribution is -2.42. The summed E-state index contributed by atoms with van der Waals surface area (Å²) in [6.45, 7) is 0.430. The maximum absolute atomic E-state index is 13.1. The molecule has 3 aromatic rings. The van der Waals surface area contributed by atoms with E-state index in [0.717, 1.165) is 17.0 Å². The van der Waals surface area contributed by atoms with Gasteiger partial charge in [-0.15, -0.1) is 0 Å². The van der Waals surface area contributed by atoms with Gasteiger partial charge in [-0.3, -0.25) is 9.69 Å². The molecule has 0 N–H and O–H groups in total. The highest BCUT2D eigenvalue weighted by molar-refractivity contribution is 7.99. The molecule has 1 aliphatic rings. The molecule has 0 spiro atoms. The van der Waals surface area contributed by atoms with E-state index in [-0.39, 0.29) is 17.7 Å². The van der Waals surface area contributed by atoms with Gasteiger partial charge in [0, 0.05) is 12.4 Å². The predicted octanol–water partition coefficient (Wildman–Crippen LogP) is 3.74. The zero-order valence-electron chi connectivity index (χ0n) is 14.0. The van der Waals surface area contributed by atoms with Gasteiger partial charge in [0.2, 0.25) is 5.91 Å². The Labute approximate surface area is 156 Å². The molecular formula is C20H17N3O2S. The van der Waals surface area contributed by atoms with E-state index in [1.807, 2.05) is 59.5 Å². The third-order valence-corrected chi connectivity index (χ3v) is 5.01. The van der Waals surface area contributed by atoms with Crippen molar-refractivity contribution in [2.24, 2.45) is 0 Å². The van der Waals surface area contributed by atoms with Crippen molar-refractivity contribution < 1.29 is 9.53 Å². The number of aromatic nitrogens is 2. The highest BCUT2D eigenvalue weighted by atomic mass is 32.2. The number of rotatable bonds is 4. The van der Waals surface area contributed by atoms with E-state index in [1.165, 1.54) is 11.8 Å². The predicted molar refractivity (Wildman–Crippen MR) is 101 cm³/mol. The molecule has 0 radical (unpaired) electrons. The summed E-state index contributed by atoms with van der Waals surface area (Å²) in [5.74, 6) is 1.00. The standard InChI is InChI=1S/C20H17N3O2S/c24-19(14-26-20-21-11-6-12-22-20)23-16-9-4-5-10-18(16)25-13-17(23)15-7-2-1-3-8-15/h1-12,17H,13-14H2. The lowest BCUT2D eigenvalue weighted by atomic mass is 10.0. The van der Waals surface area contributed by atoms with Gasteiger partial charge >= 0.3 is 0 Å². The number of nitrogens with zero attached hydrogens (tertiary/aromatic N) is 3. The highest BCUT2D eigenvalue weighted by Crippen LogP contribution is 2.39. The number of hydrogen-bond acceptors (Lipinski definition) is 5. The van der Waals surface area contributed by atoms with Crippen LogP contribution >= 0.6 is 11.8 Å². The Hall–Kier alpha value is -2.86. The molecule has 1 aromatic heterocycles. The summed E-state index contributed by atoms with van der Waals surface area (Å²) in [7, 11) is 0. The maximum atomic E-state index is 13.1. The Kier molecular flexibility index (Phi) is 4.84. The van der Waals surface area contributed by atoms with Crippen molar-refractivity contribution in [3.05, 3.63) is 78.6 Å². The summed E-state index contributed by atoms with van der Waals surface area (Å²) in [5.41, 5.74) is 1.85. The third-order valence-electron chi connectivity index (χ3n) is 4.15. The zero-order valence-corrected chi connectivity index (χ0v) is 14.8. The van der Waals surface area contributed by atoms with E-state index in [0.29, 0.717) is 11.8 Å². The summed E-state index contributed by atoms with van der Waals surface area (Å²) in [6, 6.07) is 19.2. The first kappa shape index (κ1) is 16.6. The Morgan fingerprint density at radius 2 is 1.77 bits per heavy atom. The zero-order chi connectivity index (χ0) is 17.8. The number of amides is 1. The number of anilines is 1.